The fourth-order valence-corrected chi connectivity index (χ4v) is 3.01. The van der Waals surface area contributed by atoms with Gasteiger partial charge >= 0.3 is 17.9 Å². The van der Waals surface area contributed by atoms with Crippen LogP contribution in [-0.2, 0) is 61.8 Å². The molecule has 14 heteroatoms. The minimum Gasteiger partial charge on any atom is -0.476 e. The molecule has 0 amide bonds. The molecule has 14 nitrogen and oxygen atoms in total. The van der Waals surface area contributed by atoms with Gasteiger partial charge in [0.15, 0.2) is 0 Å². The van der Waals surface area contributed by atoms with Crippen LogP contribution >= 0.6 is 0 Å². The van der Waals surface area contributed by atoms with Crippen molar-refractivity contribution in [3.63, 3.8) is 0 Å². The Bertz CT molecular complexity index is 673. The molecule has 0 aliphatic heterocycles. The lowest BCUT2D eigenvalue weighted by Crippen LogP contribution is -2.17. The summed E-state index contributed by atoms with van der Waals surface area (Å²) in [6.07, 6.45) is 4.03. The van der Waals surface area contributed by atoms with Crippen molar-refractivity contribution in [3.8, 4) is 0 Å². The van der Waals surface area contributed by atoms with E-state index in [0.717, 1.165) is 25.7 Å². The molecule has 0 fully saturated rings. The third kappa shape index (κ3) is 30.8. The van der Waals surface area contributed by atoms with E-state index >= 15 is 0 Å². The summed E-state index contributed by atoms with van der Waals surface area (Å²) in [6, 6.07) is 0. The van der Waals surface area contributed by atoms with E-state index in [1.165, 1.54) is 0 Å². The lowest BCUT2D eigenvalue weighted by atomic mass is 10.2. The molecule has 0 saturated heterocycles. The van der Waals surface area contributed by atoms with Crippen LogP contribution in [0.3, 0.4) is 0 Å². The molecule has 0 saturated carbocycles. The van der Waals surface area contributed by atoms with Gasteiger partial charge in [-0.15, -0.1) is 0 Å². The molecule has 0 aromatic heterocycles. The number of ether oxygens (including phenoxy) is 9. The number of carbonyl (C=O) groups is 4. The predicted octanol–water partition coefficient (Wildman–Crippen LogP) is 1.59. The maximum Gasteiger partial charge on any atom is 0.372 e. The number of Topliss-reactive ketones (excluding diaryl/α,β-unsaturated/α-hetero) is 1. The number of carboxylic acids is 1. The van der Waals surface area contributed by atoms with Gasteiger partial charge < -0.3 is 47.7 Å². The molecule has 42 heavy (non-hydrogen) atoms. The van der Waals surface area contributed by atoms with Crippen LogP contribution in [0.2, 0.25) is 0 Å². The van der Waals surface area contributed by atoms with E-state index in [9.17, 15) is 19.2 Å². The number of carbonyl (C=O) groups excluding carboxylic acids is 3. The molecule has 0 radical (unpaired) electrons. The first-order valence-electron chi connectivity index (χ1n) is 14.6. The topological polar surface area (TPSA) is 172 Å². The standard InChI is InChI=1S/C28H50O14/c1-2-3-4-5-6-26(30)41-23-21-39-19-17-37-15-13-35-11-9-34-10-12-36-14-16-38-18-20-40-22-24-42-27(31)8-7-25(29)28(32)33/h2-24H2,1H3,(H,32,33). The van der Waals surface area contributed by atoms with Crippen LogP contribution < -0.4 is 0 Å². The molecule has 0 aromatic carbocycles. The summed E-state index contributed by atoms with van der Waals surface area (Å²) in [5.41, 5.74) is 0. The van der Waals surface area contributed by atoms with Crippen molar-refractivity contribution in [1.82, 2.24) is 0 Å². The third-order valence-electron chi connectivity index (χ3n) is 5.24. The average molecular weight is 611 g/mol. The Balaban J connectivity index is 3.17. The number of ketones is 1. The highest BCUT2D eigenvalue weighted by atomic mass is 16.6. The summed E-state index contributed by atoms with van der Waals surface area (Å²) >= 11 is 0. The monoisotopic (exact) mass is 610 g/mol. The van der Waals surface area contributed by atoms with E-state index < -0.39 is 17.7 Å². The predicted molar refractivity (Wildman–Crippen MR) is 148 cm³/mol. The van der Waals surface area contributed by atoms with E-state index in [-0.39, 0.29) is 38.6 Å². The smallest absolute Gasteiger partial charge is 0.372 e. The number of hydrogen-bond acceptors (Lipinski definition) is 13. The van der Waals surface area contributed by atoms with Crippen molar-refractivity contribution >= 4 is 23.7 Å². The van der Waals surface area contributed by atoms with Gasteiger partial charge in [0.1, 0.15) is 13.2 Å². The number of unbranched alkanes of at least 4 members (excludes halogenated alkanes) is 3. The van der Waals surface area contributed by atoms with E-state index in [1.54, 1.807) is 0 Å². The van der Waals surface area contributed by atoms with Crippen LogP contribution in [0.1, 0.15) is 51.9 Å². The summed E-state index contributed by atoms with van der Waals surface area (Å²) in [4.78, 5) is 44.1. The maximum absolute atomic E-state index is 11.5. The molecule has 0 spiro atoms. The summed E-state index contributed by atoms with van der Waals surface area (Å²) in [6.45, 7) is 7.99. The van der Waals surface area contributed by atoms with E-state index in [2.05, 4.69) is 6.92 Å². The third-order valence-corrected chi connectivity index (χ3v) is 5.24. The zero-order valence-corrected chi connectivity index (χ0v) is 25.0. The molecule has 0 bridgehead atoms. The molecular formula is C28H50O14. The number of aliphatic carboxylic acids is 1. The zero-order valence-electron chi connectivity index (χ0n) is 25.0. The van der Waals surface area contributed by atoms with Crippen LogP contribution in [0.4, 0.5) is 0 Å². The second-order valence-corrected chi connectivity index (χ2v) is 8.77. The molecule has 246 valence electrons. The van der Waals surface area contributed by atoms with Gasteiger partial charge in [-0.25, -0.2) is 4.79 Å². The van der Waals surface area contributed by atoms with Crippen LogP contribution in [0.25, 0.3) is 0 Å². The van der Waals surface area contributed by atoms with E-state index in [0.29, 0.717) is 92.3 Å². The lowest BCUT2D eigenvalue weighted by Gasteiger charge is -2.09. The quantitative estimate of drug-likeness (QED) is 0.0645. The summed E-state index contributed by atoms with van der Waals surface area (Å²) in [5.74, 6) is -3.41. The first kappa shape index (κ1) is 39.8. The van der Waals surface area contributed by atoms with Gasteiger partial charge in [0, 0.05) is 12.8 Å². The van der Waals surface area contributed by atoms with Crippen LogP contribution in [0.5, 0.6) is 0 Å². The van der Waals surface area contributed by atoms with Crippen LogP contribution in [0.15, 0.2) is 0 Å². The molecule has 0 aliphatic carbocycles. The highest BCUT2D eigenvalue weighted by Gasteiger charge is 2.14. The maximum atomic E-state index is 11.5. The Morgan fingerprint density at radius 1 is 0.429 bits per heavy atom. The summed E-state index contributed by atoms with van der Waals surface area (Å²) < 4.78 is 47.5. The SMILES string of the molecule is CCCCCCC(=O)OCCOCCOCCOCCOCCOCCOCCOCCOC(=O)CCC(=O)C(=O)O. The minimum absolute atomic E-state index is 0.0129. The minimum atomic E-state index is -1.56. The van der Waals surface area contributed by atoms with Crippen molar-refractivity contribution in [3.05, 3.63) is 0 Å². The van der Waals surface area contributed by atoms with Gasteiger partial charge in [0.25, 0.3) is 0 Å². The summed E-state index contributed by atoms with van der Waals surface area (Å²) in [5, 5.41) is 8.43. The molecule has 0 unspecified atom stereocenters. The highest BCUT2D eigenvalue weighted by molar-refractivity contribution is 6.32. The average Bonchev–Trinajstić information content (AvgIpc) is 2.97. The van der Waals surface area contributed by atoms with Gasteiger partial charge in [-0.05, 0) is 6.42 Å². The molecule has 0 atom stereocenters. The number of hydrogen-bond donors (Lipinski definition) is 1. The number of esters is 2. The Morgan fingerprint density at radius 2 is 0.762 bits per heavy atom. The fraction of sp³-hybridized carbons (Fsp3) is 0.857. The normalized spacial score (nSPS) is 11.0. The van der Waals surface area contributed by atoms with Crippen molar-refractivity contribution in [1.29, 1.82) is 0 Å². The second kappa shape index (κ2) is 31.7. The van der Waals surface area contributed by atoms with Crippen LogP contribution in [0, 0.1) is 0 Å². The van der Waals surface area contributed by atoms with Crippen LogP contribution in [-0.4, -0.2) is 135 Å². The Kier molecular flexibility index (Phi) is 30.1. The lowest BCUT2D eigenvalue weighted by molar-refractivity contribution is -0.151. The molecule has 0 aromatic rings. The van der Waals surface area contributed by atoms with Crippen molar-refractivity contribution in [2.24, 2.45) is 0 Å². The summed E-state index contributed by atoms with van der Waals surface area (Å²) in [7, 11) is 0. The molecule has 0 aliphatic rings. The highest BCUT2D eigenvalue weighted by Crippen LogP contribution is 2.03. The van der Waals surface area contributed by atoms with E-state index in [4.69, 9.17) is 47.7 Å². The number of carboxylic acid groups (broad SMARTS) is 1. The number of rotatable bonds is 33. The Morgan fingerprint density at radius 3 is 1.10 bits per heavy atom. The van der Waals surface area contributed by atoms with Gasteiger partial charge in [-0.2, -0.15) is 0 Å². The molecular weight excluding hydrogens is 560 g/mol. The van der Waals surface area contributed by atoms with E-state index in [1.807, 2.05) is 0 Å². The first-order valence-corrected chi connectivity index (χ1v) is 14.6. The molecule has 0 rings (SSSR count). The second-order valence-electron chi connectivity index (χ2n) is 8.77. The molecule has 1 N–H and O–H groups in total. The van der Waals surface area contributed by atoms with Gasteiger partial charge in [0.2, 0.25) is 5.78 Å². The first-order chi connectivity index (χ1) is 20.5. The fourth-order valence-electron chi connectivity index (χ4n) is 3.01. The Labute approximate surface area is 248 Å². The van der Waals surface area contributed by atoms with Crippen molar-refractivity contribution < 1.29 is 66.9 Å². The van der Waals surface area contributed by atoms with Gasteiger partial charge in [-0.1, -0.05) is 26.2 Å². The van der Waals surface area contributed by atoms with Gasteiger partial charge in [0.05, 0.1) is 98.9 Å². The van der Waals surface area contributed by atoms with Gasteiger partial charge in [-0.3, -0.25) is 14.4 Å². The van der Waals surface area contributed by atoms with Crippen molar-refractivity contribution in [2.45, 2.75) is 51.9 Å². The zero-order chi connectivity index (χ0) is 30.9. The van der Waals surface area contributed by atoms with Crippen molar-refractivity contribution in [2.75, 3.05) is 106 Å². The largest absolute Gasteiger partial charge is 0.476 e. The Hall–Kier alpha value is -2.20. The molecule has 0 heterocycles.